The van der Waals surface area contributed by atoms with E-state index in [1.54, 1.807) is 0 Å². The normalized spacial score (nSPS) is 29.2. The molecule has 0 amide bonds. The molecule has 2 nitrogen and oxygen atoms in total. The van der Waals surface area contributed by atoms with Crippen LogP contribution in [0.1, 0.15) is 40.5 Å². The number of rotatable bonds is 0. The number of ketones is 1. The second-order valence-corrected chi connectivity index (χ2v) is 5.39. The van der Waals surface area contributed by atoms with E-state index in [4.69, 9.17) is 5.11 Å². The maximum absolute atomic E-state index is 11.7. The summed E-state index contributed by atoms with van der Waals surface area (Å²) in [6, 6.07) is 0. The van der Waals surface area contributed by atoms with Gasteiger partial charge in [-0.2, -0.15) is 0 Å². The number of carbonyl (C=O) groups is 1. The van der Waals surface area contributed by atoms with Crippen molar-refractivity contribution >= 4 is 5.78 Å². The second kappa shape index (κ2) is 2.86. The Morgan fingerprint density at radius 2 is 1.85 bits per heavy atom. The van der Waals surface area contributed by atoms with Gasteiger partial charge in [0.05, 0.1) is 6.26 Å². The summed E-state index contributed by atoms with van der Waals surface area (Å²) >= 11 is 0. The topological polar surface area (TPSA) is 37.3 Å². The highest BCUT2D eigenvalue weighted by atomic mass is 16.2. The minimum Gasteiger partial charge on any atom is -0.515 e. The molecule has 0 aliphatic heterocycles. The molecule has 0 atom stereocenters. The SMILES string of the molecule is CC1(C)C/C(=C\O)C(=O)C(C)(C)C1. The zero-order valence-corrected chi connectivity index (χ0v) is 8.85. The Bertz CT molecular complexity index is 259. The van der Waals surface area contributed by atoms with Crippen LogP contribution in [0.3, 0.4) is 0 Å². The van der Waals surface area contributed by atoms with Crippen LogP contribution in [0, 0.1) is 10.8 Å². The molecule has 1 aliphatic carbocycles. The van der Waals surface area contributed by atoms with E-state index in [-0.39, 0.29) is 16.6 Å². The zero-order valence-electron chi connectivity index (χ0n) is 8.85. The van der Waals surface area contributed by atoms with Gasteiger partial charge < -0.3 is 5.11 Å². The Balaban J connectivity index is 3.02. The lowest BCUT2D eigenvalue weighted by atomic mass is 9.63. The van der Waals surface area contributed by atoms with Crippen LogP contribution < -0.4 is 0 Å². The first-order chi connectivity index (χ1) is 5.78. The summed E-state index contributed by atoms with van der Waals surface area (Å²) in [5.74, 6) is 0.0920. The van der Waals surface area contributed by atoms with Crippen molar-refractivity contribution in [1.82, 2.24) is 0 Å². The summed E-state index contributed by atoms with van der Waals surface area (Å²) in [4.78, 5) is 11.7. The summed E-state index contributed by atoms with van der Waals surface area (Å²) in [5, 5.41) is 8.94. The van der Waals surface area contributed by atoms with E-state index < -0.39 is 0 Å². The first kappa shape index (κ1) is 10.3. The van der Waals surface area contributed by atoms with Gasteiger partial charge in [-0.15, -0.1) is 0 Å². The predicted molar refractivity (Wildman–Crippen MR) is 52.5 cm³/mol. The molecule has 13 heavy (non-hydrogen) atoms. The lowest BCUT2D eigenvalue weighted by Gasteiger charge is -2.40. The fourth-order valence-electron chi connectivity index (χ4n) is 2.47. The molecule has 0 saturated heterocycles. The van der Waals surface area contributed by atoms with Gasteiger partial charge in [0.15, 0.2) is 5.78 Å². The highest BCUT2D eigenvalue weighted by Crippen LogP contribution is 2.45. The molecular formula is C11H18O2. The number of allylic oxidation sites excluding steroid dienone is 1. The number of aliphatic hydroxyl groups excluding tert-OH is 1. The van der Waals surface area contributed by atoms with Crippen LogP contribution in [-0.2, 0) is 4.79 Å². The Hall–Kier alpha value is -0.790. The average Bonchev–Trinajstić information content (AvgIpc) is 1.95. The van der Waals surface area contributed by atoms with E-state index in [0.717, 1.165) is 12.7 Å². The van der Waals surface area contributed by atoms with Gasteiger partial charge in [-0.3, -0.25) is 4.79 Å². The molecule has 0 aromatic rings. The van der Waals surface area contributed by atoms with E-state index in [1.165, 1.54) is 0 Å². The quantitative estimate of drug-likeness (QED) is 0.462. The number of carbonyl (C=O) groups excluding carboxylic acids is 1. The van der Waals surface area contributed by atoms with E-state index in [9.17, 15) is 4.79 Å². The monoisotopic (exact) mass is 182 g/mol. The van der Waals surface area contributed by atoms with Crippen molar-refractivity contribution in [3.8, 4) is 0 Å². The largest absolute Gasteiger partial charge is 0.515 e. The molecule has 0 aromatic carbocycles. The number of hydrogen-bond acceptors (Lipinski definition) is 2. The van der Waals surface area contributed by atoms with Gasteiger partial charge >= 0.3 is 0 Å². The summed E-state index contributed by atoms with van der Waals surface area (Å²) in [6.45, 7) is 8.15. The van der Waals surface area contributed by atoms with Gasteiger partial charge in [-0.05, 0) is 18.3 Å². The van der Waals surface area contributed by atoms with Gasteiger partial charge in [0.2, 0.25) is 0 Å². The van der Waals surface area contributed by atoms with Crippen molar-refractivity contribution in [3.63, 3.8) is 0 Å². The van der Waals surface area contributed by atoms with Crippen molar-refractivity contribution in [3.05, 3.63) is 11.8 Å². The Morgan fingerprint density at radius 3 is 2.31 bits per heavy atom. The van der Waals surface area contributed by atoms with Crippen LogP contribution in [0.4, 0.5) is 0 Å². The lowest BCUT2D eigenvalue weighted by molar-refractivity contribution is -0.127. The third-order valence-electron chi connectivity index (χ3n) is 2.65. The van der Waals surface area contributed by atoms with Crippen LogP contribution in [-0.4, -0.2) is 10.9 Å². The molecule has 0 spiro atoms. The third-order valence-corrected chi connectivity index (χ3v) is 2.65. The molecule has 2 heteroatoms. The highest BCUT2D eigenvalue weighted by Gasteiger charge is 2.42. The third kappa shape index (κ3) is 1.93. The van der Waals surface area contributed by atoms with Gasteiger partial charge in [0, 0.05) is 11.0 Å². The maximum atomic E-state index is 11.7. The standard InChI is InChI=1S/C11H18O2/c1-10(2)5-8(6-12)9(13)11(3,4)7-10/h6,12H,5,7H2,1-4H3/b8-6+. The first-order valence-corrected chi connectivity index (χ1v) is 4.67. The first-order valence-electron chi connectivity index (χ1n) is 4.67. The van der Waals surface area contributed by atoms with E-state index >= 15 is 0 Å². The molecule has 0 radical (unpaired) electrons. The molecule has 1 saturated carbocycles. The Kier molecular flexibility index (Phi) is 2.27. The van der Waals surface area contributed by atoms with Gasteiger partial charge in [0.25, 0.3) is 0 Å². The summed E-state index contributed by atoms with van der Waals surface area (Å²) in [6.07, 6.45) is 2.55. The van der Waals surface area contributed by atoms with Gasteiger partial charge in [-0.1, -0.05) is 27.7 Å². The summed E-state index contributed by atoms with van der Waals surface area (Å²) < 4.78 is 0. The average molecular weight is 182 g/mol. The molecule has 0 heterocycles. The summed E-state index contributed by atoms with van der Waals surface area (Å²) in [5.41, 5.74) is 0.365. The second-order valence-electron chi connectivity index (χ2n) is 5.39. The maximum Gasteiger partial charge on any atom is 0.167 e. The molecular weight excluding hydrogens is 164 g/mol. The van der Waals surface area contributed by atoms with Crippen molar-refractivity contribution in [2.45, 2.75) is 40.5 Å². The Labute approximate surface area is 79.6 Å². The van der Waals surface area contributed by atoms with Crippen molar-refractivity contribution in [2.75, 3.05) is 0 Å². The minimum absolute atomic E-state index is 0.0920. The van der Waals surface area contributed by atoms with E-state index in [0.29, 0.717) is 12.0 Å². The van der Waals surface area contributed by atoms with Crippen molar-refractivity contribution in [1.29, 1.82) is 0 Å². The molecule has 0 aromatic heterocycles. The van der Waals surface area contributed by atoms with Crippen LogP contribution in [0.5, 0.6) is 0 Å². The highest BCUT2D eigenvalue weighted by molar-refractivity contribution is 6.00. The van der Waals surface area contributed by atoms with Crippen LogP contribution in [0.25, 0.3) is 0 Å². The molecule has 1 fully saturated rings. The molecule has 74 valence electrons. The number of aliphatic hydroxyl groups is 1. The fourth-order valence-corrected chi connectivity index (χ4v) is 2.47. The van der Waals surface area contributed by atoms with Gasteiger partial charge in [0.1, 0.15) is 0 Å². The minimum atomic E-state index is -0.323. The molecule has 0 bridgehead atoms. The smallest absolute Gasteiger partial charge is 0.167 e. The number of hydrogen-bond donors (Lipinski definition) is 1. The van der Waals surface area contributed by atoms with Crippen molar-refractivity contribution < 1.29 is 9.90 Å². The predicted octanol–water partition coefficient (Wildman–Crippen LogP) is 2.84. The van der Waals surface area contributed by atoms with E-state index in [1.807, 2.05) is 13.8 Å². The molecule has 1 N–H and O–H groups in total. The molecule has 1 rings (SSSR count). The fraction of sp³-hybridized carbons (Fsp3) is 0.727. The summed E-state index contributed by atoms with van der Waals surface area (Å²) in [7, 11) is 0. The van der Waals surface area contributed by atoms with Crippen LogP contribution in [0.2, 0.25) is 0 Å². The van der Waals surface area contributed by atoms with Crippen molar-refractivity contribution in [2.24, 2.45) is 10.8 Å². The van der Waals surface area contributed by atoms with Gasteiger partial charge in [-0.25, -0.2) is 0 Å². The zero-order chi connectivity index (χ0) is 10.3. The molecule has 1 aliphatic rings. The van der Waals surface area contributed by atoms with E-state index in [2.05, 4.69) is 13.8 Å². The molecule has 0 unspecified atom stereocenters. The number of Topliss-reactive ketones (excluding diaryl/α,β-unsaturated/α-hetero) is 1. The van der Waals surface area contributed by atoms with Crippen LogP contribution >= 0.6 is 0 Å². The Morgan fingerprint density at radius 1 is 1.31 bits per heavy atom. The lowest BCUT2D eigenvalue weighted by Crippen LogP contribution is -2.38. The van der Waals surface area contributed by atoms with Crippen LogP contribution in [0.15, 0.2) is 11.8 Å².